The van der Waals surface area contributed by atoms with E-state index < -0.39 is 17.3 Å². The standard InChI is InChI=1S/C29H43NO4/c1-17-7-10-20(31)23-22(17)28-13-14-30(16-19-8-9-19)18(2)27(28)11-12-29(33,24(28)34-23)21(15-27)26(6,32)25(3,4)5/h7,10,18-19,21,24,31-33H,8-9,11-16H2,1-6H3/t18-,21-,24-,26+,27-,28+,29+/m1/s1. The quantitative estimate of drug-likeness (QED) is 0.607. The lowest BCUT2D eigenvalue weighted by atomic mass is 9.35. The maximum atomic E-state index is 12.6. The van der Waals surface area contributed by atoms with Crippen molar-refractivity contribution in [2.45, 2.75) is 109 Å². The molecule has 5 nitrogen and oxygen atoms in total. The summed E-state index contributed by atoms with van der Waals surface area (Å²) in [6.07, 6.45) is 5.49. The largest absolute Gasteiger partial charge is 0.504 e. The Morgan fingerprint density at radius 1 is 1.12 bits per heavy atom. The molecule has 34 heavy (non-hydrogen) atoms. The number of hydrogen-bond acceptors (Lipinski definition) is 5. The second-order valence-electron chi connectivity index (χ2n) is 13.7. The number of phenols is 1. The molecule has 2 bridgehead atoms. The van der Waals surface area contributed by atoms with Gasteiger partial charge in [-0.1, -0.05) is 26.8 Å². The van der Waals surface area contributed by atoms with Crippen LogP contribution in [0.15, 0.2) is 12.1 Å². The number of aliphatic hydroxyl groups is 2. The Kier molecular flexibility index (Phi) is 4.57. The summed E-state index contributed by atoms with van der Waals surface area (Å²) in [6.45, 7) is 14.8. The van der Waals surface area contributed by atoms with Crippen molar-refractivity contribution in [2.24, 2.45) is 22.7 Å². The summed E-state index contributed by atoms with van der Waals surface area (Å²) < 4.78 is 6.70. The van der Waals surface area contributed by atoms with Crippen LogP contribution in [0.1, 0.15) is 84.3 Å². The first-order valence-electron chi connectivity index (χ1n) is 13.5. The fraction of sp³-hybridized carbons (Fsp3) is 0.793. The van der Waals surface area contributed by atoms with Crippen LogP contribution in [0.5, 0.6) is 11.5 Å². The van der Waals surface area contributed by atoms with E-state index in [4.69, 9.17) is 4.74 Å². The van der Waals surface area contributed by atoms with Gasteiger partial charge in [0.2, 0.25) is 0 Å². The van der Waals surface area contributed by atoms with E-state index in [-0.39, 0.29) is 27.9 Å². The molecule has 7 atom stereocenters. The van der Waals surface area contributed by atoms with E-state index in [9.17, 15) is 15.3 Å². The highest BCUT2D eigenvalue weighted by Crippen LogP contribution is 2.75. The maximum Gasteiger partial charge on any atom is 0.165 e. The minimum absolute atomic E-state index is 0.126. The monoisotopic (exact) mass is 469 g/mol. The number of rotatable bonds is 3. The third-order valence-corrected chi connectivity index (χ3v) is 11.5. The number of aryl methyl sites for hydroxylation is 1. The molecule has 2 spiro atoms. The summed E-state index contributed by atoms with van der Waals surface area (Å²) in [4.78, 5) is 2.70. The number of aromatic hydroxyl groups is 1. The minimum atomic E-state index is -1.14. The number of fused-ring (bicyclic) bond motifs is 3. The van der Waals surface area contributed by atoms with Gasteiger partial charge in [0.25, 0.3) is 0 Å². The lowest BCUT2D eigenvalue weighted by Gasteiger charge is -2.73. The molecular weight excluding hydrogens is 426 g/mol. The molecule has 3 N–H and O–H groups in total. The first-order valence-corrected chi connectivity index (χ1v) is 13.5. The van der Waals surface area contributed by atoms with Crippen molar-refractivity contribution in [1.82, 2.24) is 4.90 Å². The summed E-state index contributed by atoms with van der Waals surface area (Å²) in [5.74, 6) is 1.27. The van der Waals surface area contributed by atoms with Crippen LogP contribution in [0.3, 0.4) is 0 Å². The predicted molar refractivity (Wildman–Crippen MR) is 132 cm³/mol. The Bertz CT molecular complexity index is 1030. The van der Waals surface area contributed by atoms with Gasteiger partial charge in [-0.05, 0) is 94.2 Å². The normalized spacial score (nSPS) is 43.0. The molecule has 6 aliphatic rings. The summed E-state index contributed by atoms with van der Waals surface area (Å²) in [5.41, 5.74) is -0.792. The Hall–Kier alpha value is -1.30. The first-order chi connectivity index (χ1) is 15.8. The SMILES string of the molecule is Cc1ccc(O)c2c1[C@]13CCN(CC4CC4)[C@H](C)[C@]14CC[C@](O)([C@@H]([C@](C)(O)C(C)(C)C)C4)[C@@H]3O2. The van der Waals surface area contributed by atoms with Gasteiger partial charge in [0.1, 0.15) is 11.7 Å². The summed E-state index contributed by atoms with van der Waals surface area (Å²) in [6, 6.07) is 4.07. The molecule has 4 aliphatic carbocycles. The van der Waals surface area contributed by atoms with Crippen LogP contribution in [0, 0.1) is 29.6 Å². The van der Waals surface area contributed by atoms with Gasteiger partial charge in [-0.3, -0.25) is 4.90 Å². The molecule has 5 heteroatoms. The molecule has 7 rings (SSSR count). The third-order valence-electron chi connectivity index (χ3n) is 11.5. The van der Waals surface area contributed by atoms with Gasteiger partial charge in [0.05, 0.1) is 5.60 Å². The van der Waals surface area contributed by atoms with Gasteiger partial charge in [-0.2, -0.15) is 0 Å². The number of piperidine rings is 1. The fourth-order valence-electron chi connectivity index (χ4n) is 8.90. The zero-order valence-electron chi connectivity index (χ0n) is 21.8. The van der Waals surface area contributed by atoms with Gasteiger partial charge in [-0.15, -0.1) is 0 Å². The van der Waals surface area contributed by atoms with Gasteiger partial charge in [0.15, 0.2) is 11.5 Å². The number of likely N-dealkylation sites (tertiary alicyclic amines) is 1. The molecule has 1 saturated heterocycles. The van der Waals surface area contributed by atoms with E-state index in [2.05, 4.69) is 39.5 Å². The predicted octanol–water partition coefficient (Wildman–Crippen LogP) is 4.53. The van der Waals surface area contributed by atoms with Gasteiger partial charge >= 0.3 is 0 Å². The molecule has 5 fully saturated rings. The molecule has 188 valence electrons. The van der Waals surface area contributed by atoms with Crippen LogP contribution in [0.25, 0.3) is 0 Å². The molecular formula is C29H43NO4. The Labute approximate surface area is 204 Å². The Morgan fingerprint density at radius 3 is 2.47 bits per heavy atom. The maximum absolute atomic E-state index is 12.6. The number of ether oxygens (including phenoxy) is 1. The minimum Gasteiger partial charge on any atom is -0.504 e. The molecule has 1 aromatic rings. The summed E-state index contributed by atoms with van der Waals surface area (Å²) >= 11 is 0. The molecule has 0 unspecified atom stereocenters. The van der Waals surface area contributed by atoms with Crippen LogP contribution in [0.4, 0.5) is 0 Å². The van der Waals surface area contributed by atoms with Crippen LogP contribution in [-0.2, 0) is 5.41 Å². The topological polar surface area (TPSA) is 73.2 Å². The van der Waals surface area contributed by atoms with Gasteiger partial charge in [-0.25, -0.2) is 0 Å². The van der Waals surface area contributed by atoms with Gasteiger partial charge < -0.3 is 20.1 Å². The molecule has 4 saturated carbocycles. The highest BCUT2D eigenvalue weighted by atomic mass is 16.5. The molecule has 2 heterocycles. The smallest absolute Gasteiger partial charge is 0.165 e. The van der Waals surface area contributed by atoms with Crippen molar-refractivity contribution < 1.29 is 20.1 Å². The lowest BCUT2D eigenvalue weighted by Crippen LogP contribution is -2.81. The van der Waals surface area contributed by atoms with E-state index in [1.54, 1.807) is 6.07 Å². The van der Waals surface area contributed by atoms with Crippen molar-refractivity contribution in [1.29, 1.82) is 0 Å². The summed E-state index contributed by atoms with van der Waals surface area (Å²) in [5, 5.41) is 35.5. The third kappa shape index (κ3) is 2.57. The zero-order chi connectivity index (χ0) is 24.5. The number of phenolic OH excluding ortho intramolecular Hbond substituents is 1. The molecule has 0 aromatic heterocycles. The van der Waals surface area contributed by atoms with Crippen molar-refractivity contribution in [3.8, 4) is 11.5 Å². The van der Waals surface area contributed by atoms with Crippen LogP contribution in [0.2, 0.25) is 0 Å². The summed E-state index contributed by atoms with van der Waals surface area (Å²) in [7, 11) is 0. The van der Waals surface area contributed by atoms with Crippen molar-refractivity contribution >= 4 is 0 Å². The van der Waals surface area contributed by atoms with Crippen LogP contribution in [-0.4, -0.2) is 56.7 Å². The van der Waals surface area contributed by atoms with E-state index in [1.807, 2.05) is 13.0 Å². The Morgan fingerprint density at radius 2 is 1.82 bits per heavy atom. The van der Waals surface area contributed by atoms with Crippen molar-refractivity contribution in [3.63, 3.8) is 0 Å². The van der Waals surface area contributed by atoms with Crippen molar-refractivity contribution in [3.05, 3.63) is 23.3 Å². The Balaban J connectivity index is 1.57. The average Bonchev–Trinajstić information content (AvgIpc) is 3.49. The number of hydrogen-bond donors (Lipinski definition) is 3. The molecule has 2 aliphatic heterocycles. The molecule has 1 aromatic carbocycles. The van der Waals surface area contributed by atoms with E-state index in [0.29, 0.717) is 18.2 Å². The lowest BCUT2D eigenvalue weighted by molar-refractivity contribution is -0.302. The highest BCUT2D eigenvalue weighted by Gasteiger charge is 2.80. The van der Waals surface area contributed by atoms with E-state index in [0.717, 1.165) is 49.4 Å². The molecule has 0 amide bonds. The second-order valence-corrected chi connectivity index (χ2v) is 13.7. The molecule has 0 radical (unpaired) electrons. The van der Waals surface area contributed by atoms with Crippen LogP contribution >= 0.6 is 0 Å². The van der Waals surface area contributed by atoms with Crippen LogP contribution < -0.4 is 4.74 Å². The first kappa shape index (κ1) is 23.1. The van der Waals surface area contributed by atoms with E-state index in [1.165, 1.54) is 12.8 Å². The number of benzene rings is 1. The average molecular weight is 470 g/mol. The van der Waals surface area contributed by atoms with Gasteiger partial charge in [0, 0.05) is 29.5 Å². The zero-order valence-corrected chi connectivity index (χ0v) is 21.8. The van der Waals surface area contributed by atoms with Crippen molar-refractivity contribution in [2.75, 3.05) is 13.1 Å². The highest BCUT2D eigenvalue weighted by molar-refractivity contribution is 5.61. The number of nitrogens with zero attached hydrogens (tertiary/aromatic N) is 1. The second kappa shape index (κ2) is 6.72. The fourth-order valence-corrected chi connectivity index (χ4v) is 8.90. The van der Waals surface area contributed by atoms with E-state index >= 15 is 0 Å².